The van der Waals surface area contributed by atoms with Gasteiger partial charge in [0, 0.05) is 12.2 Å². The first-order valence-corrected chi connectivity index (χ1v) is 12.2. The molecule has 4 rings (SSSR count). The minimum absolute atomic E-state index is 0.0370. The van der Waals surface area contributed by atoms with E-state index in [9.17, 15) is 4.79 Å². The fraction of sp³-hybridized carbons (Fsp3) is 0.222. The number of benzene rings is 3. The monoisotopic (exact) mass is 472 g/mol. The summed E-state index contributed by atoms with van der Waals surface area (Å²) in [6.45, 7) is 4.74. The molecule has 0 aliphatic rings. The topological polar surface area (TPSA) is 69.0 Å². The maximum absolute atomic E-state index is 12.6. The maximum atomic E-state index is 12.6. The van der Waals surface area contributed by atoms with Gasteiger partial charge in [-0.3, -0.25) is 9.36 Å². The molecule has 0 spiro atoms. The molecule has 1 amide bonds. The molecule has 0 saturated heterocycles. The molecule has 0 fully saturated rings. The highest BCUT2D eigenvalue weighted by atomic mass is 32.2. The lowest BCUT2D eigenvalue weighted by Gasteiger charge is -2.14. The van der Waals surface area contributed by atoms with Crippen molar-refractivity contribution >= 4 is 17.7 Å². The van der Waals surface area contributed by atoms with Gasteiger partial charge in [0.1, 0.15) is 5.75 Å². The van der Waals surface area contributed by atoms with Gasteiger partial charge in [0.05, 0.1) is 18.4 Å². The van der Waals surface area contributed by atoms with Gasteiger partial charge in [-0.2, -0.15) is 0 Å². The van der Waals surface area contributed by atoms with Crippen LogP contribution in [0.3, 0.4) is 0 Å². The second kappa shape index (κ2) is 11.0. The van der Waals surface area contributed by atoms with E-state index < -0.39 is 0 Å². The minimum atomic E-state index is -0.0370. The number of carbonyl (C=O) groups excluding carboxylic acids is 1. The molecule has 1 unspecified atom stereocenters. The van der Waals surface area contributed by atoms with Gasteiger partial charge < -0.3 is 10.1 Å². The second-order valence-electron chi connectivity index (χ2n) is 8.08. The van der Waals surface area contributed by atoms with Crippen LogP contribution >= 0.6 is 11.8 Å². The first kappa shape index (κ1) is 23.6. The number of hydrogen-bond donors (Lipinski definition) is 1. The molecule has 0 saturated carbocycles. The molecule has 0 bridgehead atoms. The van der Waals surface area contributed by atoms with Crippen molar-refractivity contribution < 1.29 is 9.53 Å². The Bertz CT molecular complexity index is 1240. The molecule has 4 aromatic rings. The third kappa shape index (κ3) is 5.48. The number of amides is 1. The molecule has 7 heteroatoms. The van der Waals surface area contributed by atoms with Gasteiger partial charge in [0.2, 0.25) is 5.91 Å². The Morgan fingerprint density at radius 2 is 1.71 bits per heavy atom. The first-order valence-electron chi connectivity index (χ1n) is 11.2. The van der Waals surface area contributed by atoms with E-state index in [0.717, 1.165) is 16.8 Å². The molecule has 0 radical (unpaired) electrons. The van der Waals surface area contributed by atoms with Crippen LogP contribution in [0.25, 0.3) is 17.1 Å². The summed E-state index contributed by atoms with van der Waals surface area (Å²) in [6, 6.07) is 26.1. The SMILES string of the molecule is COc1ccccc1-c1nnc(SCC(=O)NCC(C)c2ccccc2)n1-c1ccc(C)cc1. The van der Waals surface area contributed by atoms with E-state index in [1.165, 1.54) is 17.3 Å². The quantitative estimate of drug-likeness (QED) is 0.336. The summed E-state index contributed by atoms with van der Waals surface area (Å²) >= 11 is 1.37. The van der Waals surface area contributed by atoms with E-state index in [1.54, 1.807) is 7.11 Å². The molecule has 0 aliphatic carbocycles. The van der Waals surface area contributed by atoms with Gasteiger partial charge >= 0.3 is 0 Å². The van der Waals surface area contributed by atoms with E-state index in [2.05, 4.69) is 34.6 Å². The summed E-state index contributed by atoms with van der Waals surface area (Å²) in [5.74, 6) is 1.83. The van der Waals surface area contributed by atoms with Crippen molar-refractivity contribution in [2.24, 2.45) is 0 Å². The van der Waals surface area contributed by atoms with Crippen LogP contribution < -0.4 is 10.1 Å². The summed E-state index contributed by atoms with van der Waals surface area (Å²) in [7, 11) is 1.64. The van der Waals surface area contributed by atoms with Crippen molar-refractivity contribution in [3.8, 4) is 22.8 Å². The lowest BCUT2D eigenvalue weighted by molar-refractivity contribution is -0.118. The minimum Gasteiger partial charge on any atom is -0.496 e. The highest BCUT2D eigenvalue weighted by Crippen LogP contribution is 2.33. The van der Waals surface area contributed by atoms with Gasteiger partial charge in [0.15, 0.2) is 11.0 Å². The summed E-state index contributed by atoms with van der Waals surface area (Å²) in [4.78, 5) is 12.6. The van der Waals surface area contributed by atoms with Crippen molar-refractivity contribution in [1.29, 1.82) is 0 Å². The van der Waals surface area contributed by atoms with Crippen LogP contribution in [0, 0.1) is 6.92 Å². The molecule has 174 valence electrons. The average molecular weight is 473 g/mol. The lowest BCUT2D eigenvalue weighted by atomic mass is 10.0. The fourth-order valence-corrected chi connectivity index (χ4v) is 4.42. The molecule has 1 N–H and O–H groups in total. The predicted molar refractivity (Wildman–Crippen MR) is 137 cm³/mol. The molecule has 6 nitrogen and oxygen atoms in total. The summed E-state index contributed by atoms with van der Waals surface area (Å²) in [5.41, 5.74) is 4.14. The van der Waals surface area contributed by atoms with E-state index in [-0.39, 0.29) is 17.6 Å². The lowest BCUT2D eigenvalue weighted by Crippen LogP contribution is -2.29. The summed E-state index contributed by atoms with van der Waals surface area (Å²) in [5, 5.41) is 12.6. The van der Waals surface area contributed by atoms with Crippen LogP contribution in [0.1, 0.15) is 24.0 Å². The number of carbonyl (C=O) groups is 1. The van der Waals surface area contributed by atoms with E-state index in [0.29, 0.717) is 23.3 Å². The van der Waals surface area contributed by atoms with Gasteiger partial charge in [0.25, 0.3) is 0 Å². The maximum Gasteiger partial charge on any atom is 0.230 e. The number of rotatable bonds is 9. The van der Waals surface area contributed by atoms with E-state index in [1.807, 2.05) is 78.2 Å². The molecule has 1 aromatic heterocycles. The Hall–Kier alpha value is -3.58. The Balaban J connectivity index is 1.53. The standard InChI is InChI=1S/C27H28N4O2S/c1-19-13-15-22(16-14-19)31-26(23-11-7-8-12-24(23)33-3)29-30-27(31)34-18-25(32)28-17-20(2)21-9-5-4-6-10-21/h4-16,20H,17-18H2,1-3H3,(H,28,32). The fourth-order valence-electron chi connectivity index (χ4n) is 3.64. The zero-order valence-corrected chi connectivity index (χ0v) is 20.4. The number of thioether (sulfide) groups is 1. The summed E-state index contributed by atoms with van der Waals surface area (Å²) < 4.78 is 7.53. The predicted octanol–water partition coefficient (Wildman–Crippen LogP) is 5.26. The normalized spacial score (nSPS) is 11.7. The zero-order chi connectivity index (χ0) is 23.9. The molecule has 1 atom stereocenters. The number of nitrogens with one attached hydrogen (secondary N) is 1. The molecule has 34 heavy (non-hydrogen) atoms. The van der Waals surface area contributed by atoms with Crippen molar-refractivity contribution in [2.45, 2.75) is 24.9 Å². The summed E-state index contributed by atoms with van der Waals surface area (Å²) in [6.07, 6.45) is 0. The largest absolute Gasteiger partial charge is 0.496 e. The van der Waals surface area contributed by atoms with Crippen LogP contribution in [0.15, 0.2) is 84.0 Å². The second-order valence-corrected chi connectivity index (χ2v) is 9.02. The Kier molecular flexibility index (Phi) is 7.65. The average Bonchev–Trinajstić information content (AvgIpc) is 3.30. The number of methoxy groups -OCH3 is 1. The Morgan fingerprint density at radius 3 is 2.44 bits per heavy atom. The van der Waals surface area contributed by atoms with Gasteiger partial charge in [-0.15, -0.1) is 10.2 Å². The molecular weight excluding hydrogens is 444 g/mol. The third-order valence-electron chi connectivity index (χ3n) is 5.58. The van der Waals surface area contributed by atoms with E-state index in [4.69, 9.17) is 4.74 Å². The molecule has 1 heterocycles. The van der Waals surface area contributed by atoms with Crippen LogP contribution in [0.4, 0.5) is 0 Å². The van der Waals surface area contributed by atoms with Gasteiger partial charge in [-0.1, -0.05) is 78.8 Å². The van der Waals surface area contributed by atoms with Crippen LogP contribution in [0.2, 0.25) is 0 Å². The molecule has 0 aliphatic heterocycles. The number of ether oxygens (including phenoxy) is 1. The molecular formula is C27H28N4O2S. The van der Waals surface area contributed by atoms with E-state index >= 15 is 0 Å². The number of para-hydroxylation sites is 1. The smallest absolute Gasteiger partial charge is 0.230 e. The zero-order valence-electron chi connectivity index (χ0n) is 19.6. The van der Waals surface area contributed by atoms with Crippen molar-refractivity contribution in [2.75, 3.05) is 19.4 Å². The Morgan fingerprint density at radius 1 is 1.00 bits per heavy atom. The molecule has 3 aromatic carbocycles. The van der Waals surface area contributed by atoms with Crippen LogP contribution in [-0.4, -0.2) is 40.1 Å². The first-order chi connectivity index (χ1) is 16.6. The van der Waals surface area contributed by atoms with Crippen LogP contribution in [-0.2, 0) is 4.79 Å². The van der Waals surface area contributed by atoms with Crippen LogP contribution in [0.5, 0.6) is 5.75 Å². The highest BCUT2D eigenvalue weighted by Gasteiger charge is 2.20. The van der Waals surface area contributed by atoms with Gasteiger partial charge in [-0.05, 0) is 42.7 Å². The Labute approximate surface area is 204 Å². The van der Waals surface area contributed by atoms with Crippen molar-refractivity contribution in [3.05, 3.63) is 90.0 Å². The van der Waals surface area contributed by atoms with Crippen molar-refractivity contribution in [1.82, 2.24) is 20.1 Å². The third-order valence-corrected chi connectivity index (χ3v) is 6.51. The van der Waals surface area contributed by atoms with Crippen molar-refractivity contribution in [3.63, 3.8) is 0 Å². The number of hydrogen-bond acceptors (Lipinski definition) is 5. The van der Waals surface area contributed by atoms with Gasteiger partial charge in [-0.25, -0.2) is 0 Å². The number of nitrogens with zero attached hydrogens (tertiary/aromatic N) is 3. The number of aromatic nitrogens is 3. The number of aryl methyl sites for hydroxylation is 1. The highest BCUT2D eigenvalue weighted by molar-refractivity contribution is 7.99.